The molecule has 0 amide bonds. The van der Waals surface area contributed by atoms with Crippen LogP contribution in [-0.2, 0) is 0 Å². The molecule has 36 valence electrons. The zero-order valence-corrected chi connectivity index (χ0v) is 3.81. The molecule has 0 spiro atoms. The van der Waals surface area contributed by atoms with E-state index in [4.69, 9.17) is 22.6 Å². The molecule has 3 N–H and O–H groups in total. The van der Waals surface area contributed by atoms with E-state index in [1.165, 1.54) is 0 Å². The molecule has 0 radical (unpaired) electrons. The third kappa shape index (κ3) is 1.99. The molecule has 0 saturated carbocycles. The average molecular weight is 109 g/mol. The van der Waals surface area contributed by atoms with Crippen LogP contribution in [0.3, 0.4) is 0 Å². The molecular formula is C2H5ClN2O. The summed E-state index contributed by atoms with van der Waals surface area (Å²) in [6.45, 7) is -0.274. The van der Waals surface area contributed by atoms with Crippen molar-refractivity contribution in [3.05, 3.63) is 0 Å². The van der Waals surface area contributed by atoms with E-state index in [0.717, 1.165) is 0 Å². The van der Waals surface area contributed by atoms with Crippen LogP contribution in [0, 0.1) is 0 Å². The zero-order valence-electron chi connectivity index (χ0n) is 3.06. The summed E-state index contributed by atoms with van der Waals surface area (Å²) < 4.78 is 2.92. The third-order valence-corrected chi connectivity index (χ3v) is 0.488. The first-order valence-corrected chi connectivity index (χ1v) is 1.69. The number of aliphatic hydroxyl groups excluding tert-OH is 1. The second-order valence-electron chi connectivity index (χ2n) is 0.734. The van der Waals surface area contributed by atoms with Crippen molar-refractivity contribution in [2.24, 2.45) is 10.2 Å². The number of hydrogen-bond donors (Lipinski definition) is 2. The van der Waals surface area contributed by atoms with Gasteiger partial charge in [-0.1, -0.05) is 0 Å². The van der Waals surface area contributed by atoms with Crippen LogP contribution in [0.25, 0.3) is 0 Å². The molecule has 0 fully saturated rings. The first kappa shape index (κ1) is 5.72. The molecule has 0 aromatic rings. The van der Waals surface area contributed by atoms with Crippen molar-refractivity contribution in [2.45, 2.75) is 0 Å². The van der Waals surface area contributed by atoms with E-state index in [9.17, 15) is 0 Å². The second-order valence-corrected chi connectivity index (χ2v) is 0.903. The minimum absolute atomic E-state index is 0.0386. The quantitative estimate of drug-likeness (QED) is 0.351. The Morgan fingerprint density at radius 3 is 2.50 bits per heavy atom. The molecule has 0 aromatic heterocycles. The monoisotopic (exact) mass is 108 g/mol. The molecule has 0 unspecified atom stereocenters. The maximum atomic E-state index is 7.99. The average Bonchev–Trinajstić information content (AvgIpc) is 1.65. The van der Waals surface area contributed by atoms with Crippen LogP contribution in [0.5, 0.6) is 0 Å². The molecule has 0 aliphatic heterocycles. The highest BCUT2D eigenvalue weighted by atomic mass is 35.5. The van der Waals surface area contributed by atoms with E-state index in [-0.39, 0.29) is 12.4 Å². The summed E-state index contributed by atoms with van der Waals surface area (Å²) in [4.78, 5) is 0. The first-order chi connectivity index (χ1) is 2.81. The Bertz CT molecular complexity index is 62.6. The molecule has 0 aromatic carbocycles. The topological polar surface area (TPSA) is 58.6 Å². The Labute approximate surface area is 40.5 Å². The molecule has 0 saturated heterocycles. The van der Waals surface area contributed by atoms with Crippen LogP contribution in [0.15, 0.2) is 4.51 Å². The Morgan fingerprint density at radius 2 is 2.50 bits per heavy atom. The van der Waals surface area contributed by atoms with Crippen LogP contribution >= 0.6 is 11.8 Å². The predicted molar refractivity (Wildman–Crippen MR) is 24.6 cm³/mol. The standard InChI is InChI=1S/C2H5ClN2O/c3-5-2(4)1-6/h6H,1H2,(H2,4,5). The molecule has 0 atom stereocenters. The lowest BCUT2D eigenvalue weighted by Crippen LogP contribution is -2.14. The van der Waals surface area contributed by atoms with Crippen molar-refractivity contribution in [3.8, 4) is 0 Å². The smallest absolute Gasteiger partial charge is 0.140 e. The van der Waals surface area contributed by atoms with Gasteiger partial charge in [0.2, 0.25) is 0 Å². The van der Waals surface area contributed by atoms with E-state index in [1.807, 2.05) is 0 Å². The van der Waals surface area contributed by atoms with Gasteiger partial charge in [0.05, 0.1) is 0 Å². The highest BCUT2D eigenvalue weighted by Gasteiger charge is 1.79. The molecule has 0 rings (SSSR count). The molecule has 6 heavy (non-hydrogen) atoms. The van der Waals surface area contributed by atoms with Crippen LogP contribution in [0.4, 0.5) is 0 Å². The van der Waals surface area contributed by atoms with E-state index in [2.05, 4.69) is 4.51 Å². The van der Waals surface area contributed by atoms with Crippen LogP contribution in [0.1, 0.15) is 0 Å². The number of hydrogen-bond acceptors (Lipinski definition) is 2. The van der Waals surface area contributed by atoms with Crippen LogP contribution in [-0.4, -0.2) is 17.5 Å². The molecule has 4 heteroatoms. The van der Waals surface area contributed by atoms with Gasteiger partial charge in [-0.2, -0.15) is 4.51 Å². The summed E-state index contributed by atoms with van der Waals surface area (Å²) in [5.74, 6) is 0.0386. The lowest BCUT2D eigenvalue weighted by molar-refractivity contribution is 0.356. The molecule has 3 nitrogen and oxygen atoms in total. The molecule has 0 aliphatic rings. The summed E-state index contributed by atoms with van der Waals surface area (Å²) in [6, 6.07) is 0. The Morgan fingerprint density at radius 1 is 2.00 bits per heavy atom. The molecular weight excluding hydrogens is 103 g/mol. The summed E-state index contributed by atoms with van der Waals surface area (Å²) in [5, 5.41) is 7.99. The van der Waals surface area contributed by atoms with E-state index in [1.54, 1.807) is 0 Å². The van der Waals surface area contributed by atoms with Gasteiger partial charge in [-0.25, -0.2) is 0 Å². The highest BCUT2D eigenvalue weighted by Crippen LogP contribution is 1.71. The van der Waals surface area contributed by atoms with Gasteiger partial charge >= 0.3 is 0 Å². The number of amidine groups is 1. The van der Waals surface area contributed by atoms with E-state index in [0.29, 0.717) is 0 Å². The van der Waals surface area contributed by atoms with Crippen molar-refractivity contribution < 1.29 is 5.11 Å². The van der Waals surface area contributed by atoms with Crippen molar-refractivity contribution in [1.29, 1.82) is 0 Å². The van der Waals surface area contributed by atoms with E-state index >= 15 is 0 Å². The van der Waals surface area contributed by atoms with Gasteiger partial charge in [-0.3, -0.25) is 0 Å². The first-order valence-electron chi connectivity index (χ1n) is 1.35. The fourth-order valence-electron chi connectivity index (χ4n) is 0.0267. The van der Waals surface area contributed by atoms with Crippen molar-refractivity contribution in [3.63, 3.8) is 0 Å². The fourth-order valence-corrected chi connectivity index (χ4v) is 0.0802. The predicted octanol–water partition coefficient (Wildman–Crippen LogP) is -0.510. The molecule has 0 aliphatic carbocycles. The van der Waals surface area contributed by atoms with Gasteiger partial charge in [0.25, 0.3) is 0 Å². The number of rotatable bonds is 1. The molecule has 0 heterocycles. The maximum Gasteiger partial charge on any atom is 0.140 e. The summed E-state index contributed by atoms with van der Waals surface area (Å²) in [6.07, 6.45) is 0. The zero-order chi connectivity index (χ0) is 4.99. The number of nitrogens with zero attached hydrogens (tertiary/aromatic N) is 1. The number of nitrogens with two attached hydrogens (primary N) is 1. The van der Waals surface area contributed by atoms with Gasteiger partial charge in [0.15, 0.2) is 0 Å². The van der Waals surface area contributed by atoms with E-state index < -0.39 is 0 Å². The summed E-state index contributed by atoms with van der Waals surface area (Å²) in [5.41, 5.74) is 4.84. The number of halogens is 1. The van der Waals surface area contributed by atoms with Gasteiger partial charge in [-0.05, 0) is 0 Å². The van der Waals surface area contributed by atoms with Crippen LogP contribution in [0.2, 0.25) is 0 Å². The minimum atomic E-state index is -0.274. The van der Waals surface area contributed by atoms with Crippen molar-refractivity contribution >= 4 is 17.6 Å². The molecule has 0 bridgehead atoms. The largest absolute Gasteiger partial charge is 0.388 e. The lowest BCUT2D eigenvalue weighted by Gasteiger charge is -1.82. The van der Waals surface area contributed by atoms with Crippen LogP contribution < -0.4 is 5.73 Å². The second kappa shape index (κ2) is 2.93. The summed E-state index contributed by atoms with van der Waals surface area (Å²) >= 11 is 4.76. The highest BCUT2D eigenvalue weighted by molar-refractivity contribution is 6.19. The summed E-state index contributed by atoms with van der Waals surface area (Å²) in [7, 11) is 0. The van der Waals surface area contributed by atoms with Gasteiger partial charge in [0.1, 0.15) is 12.4 Å². The third-order valence-electron chi connectivity index (χ3n) is 0.271. The maximum absolute atomic E-state index is 7.99. The minimum Gasteiger partial charge on any atom is -0.388 e. The van der Waals surface area contributed by atoms with Crippen molar-refractivity contribution in [2.75, 3.05) is 6.61 Å². The lowest BCUT2D eigenvalue weighted by atomic mass is 10.7. The van der Waals surface area contributed by atoms with Gasteiger partial charge in [-0.15, -0.1) is 0 Å². The Kier molecular flexibility index (Phi) is 2.80. The fraction of sp³-hybridized carbons (Fsp3) is 0.500. The van der Waals surface area contributed by atoms with Gasteiger partial charge in [0, 0.05) is 11.8 Å². The SMILES string of the molecule is N/C(CO)=N\Cl. The van der Waals surface area contributed by atoms with Gasteiger partial charge < -0.3 is 10.8 Å². The Balaban J connectivity index is 3.22. The van der Waals surface area contributed by atoms with Crippen molar-refractivity contribution in [1.82, 2.24) is 0 Å². The number of aliphatic hydroxyl groups is 1. The Hall–Kier alpha value is -0.280. The normalized spacial score (nSPS) is 12.0.